The number of nitrogens with zero attached hydrogens (tertiary/aromatic N) is 3. The number of halogens is 2. The molecule has 27 heavy (non-hydrogen) atoms. The third kappa shape index (κ3) is 4.55. The monoisotopic (exact) mass is 369 g/mol. The predicted molar refractivity (Wildman–Crippen MR) is 100 cm³/mol. The van der Waals surface area contributed by atoms with Gasteiger partial charge in [-0.05, 0) is 48.5 Å². The molecule has 0 saturated heterocycles. The standard InChI is InChI=1S/C19H17F2N5O/c1-26(2)14-6-4-13(5-7-14)22-19(27)17-9-10-18(25-24-17)23-16-8-3-12(20)11-15(16)21/h3-11H,1-2H3,(H,22,27)(H,23,25). The molecule has 0 unspecified atom stereocenters. The van der Waals surface area contributed by atoms with Crippen LogP contribution in [0.4, 0.5) is 31.7 Å². The zero-order chi connectivity index (χ0) is 19.4. The summed E-state index contributed by atoms with van der Waals surface area (Å²) in [5, 5.41) is 13.1. The van der Waals surface area contributed by atoms with Gasteiger partial charge < -0.3 is 15.5 Å². The molecule has 6 nitrogen and oxygen atoms in total. The number of amides is 1. The van der Waals surface area contributed by atoms with Gasteiger partial charge in [0.15, 0.2) is 11.5 Å². The summed E-state index contributed by atoms with van der Waals surface area (Å²) < 4.78 is 26.6. The molecule has 1 amide bonds. The molecule has 3 aromatic rings. The first-order valence-electron chi connectivity index (χ1n) is 8.07. The summed E-state index contributed by atoms with van der Waals surface area (Å²) in [5.41, 5.74) is 1.81. The summed E-state index contributed by atoms with van der Waals surface area (Å²) in [5.74, 6) is -1.61. The third-order valence-electron chi connectivity index (χ3n) is 3.73. The second-order valence-electron chi connectivity index (χ2n) is 5.95. The quantitative estimate of drug-likeness (QED) is 0.716. The van der Waals surface area contributed by atoms with Gasteiger partial charge in [-0.3, -0.25) is 4.79 Å². The van der Waals surface area contributed by atoms with Crippen LogP contribution >= 0.6 is 0 Å². The summed E-state index contributed by atoms with van der Waals surface area (Å²) >= 11 is 0. The van der Waals surface area contributed by atoms with E-state index in [4.69, 9.17) is 0 Å². The van der Waals surface area contributed by atoms with Crippen molar-refractivity contribution in [2.75, 3.05) is 29.6 Å². The fourth-order valence-corrected chi connectivity index (χ4v) is 2.29. The van der Waals surface area contributed by atoms with E-state index in [9.17, 15) is 13.6 Å². The highest BCUT2D eigenvalue weighted by molar-refractivity contribution is 6.02. The van der Waals surface area contributed by atoms with Crippen molar-refractivity contribution in [3.63, 3.8) is 0 Å². The molecule has 0 saturated carbocycles. The van der Waals surface area contributed by atoms with Crippen LogP contribution < -0.4 is 15.5 Å². The minimum absolute atomic E-state index is 0.0592. The van der Waals surface area contributed by atoms with E-state index in [1.807, 2.05) is 31.1 Å². The first-order valence-corrected chi connectivity index (χ1v) is 8.07. The summed E-state index contributed by atoms with van der Waals surface area (Å²) in [6, 6.07) is 13.4. The molecule has 2 N–H and O–H groups in total. The molecule has 0 aliphatic heterocycles. The molecular weight excluding hydrogens is 352 g/mol. The second kappa shape index (κ2) is 7.77. The second-order valence-corrected chi connectivity index (χ2v) is 5.95. The van der Waals surface area contributed by atoms with Crippen LogP contribution in [0.3, 0.4) is 0 Å². The van der Waals surface area contributed by atoms with Crippen molar-refractivity contribution in [3.05, 3.63) is 71.9 Å². The maximum Gasteiger partial charge on any atom is 0.276 e. The predicted octanol–water partition coefficient (Wildman–Crippen LogP) is 3.82. The van der Waals surface area contributed by atoms with Gasteiger partial charge >= 0.3 is 0 Å². The molecule has 0 spiro atoms. The van der Waals surface area contributed by atoms with E-state index in [2.05, 4.69) is 20.8 Å². The number of hydrogen-bond acceptors (Lipinski definition) is 5. The molecule has 0 aliphatic rings. The Labute approximate surface area is 154 Å². The van der Waals surface area contributed by atoms with E-state index in [-0.39, 0.29) is 17.2 Å². The van der Waals surface area contributed by atoms with Crippen LogP contribution in [0.1, 0.15) is 10.5 Å². The number of nitrogens with one attached hydrogen (secondary N) is 2. The Hall–Kier alpha value is -3.55. The van der Waals surface area contributed by atoms with Gasteiger partial charge in [0, 0.05) is 31.5 Å². The van der Waals surface area contributed by atoms with Crippen LogP contribution in [0.15, 0.2) is 54.6 Å². The molecule has 0 aliphatic carbocycles. The first-order chi connectivity index (χ1) is 12.9. The Balaban J connectivity index is 1.66. The largest absolute Gasteiger partial charge is 0.378 e. The minimum Gasteiger partial charge on any atom is -0.378 e. The van der Waals surface area contributed by atoms with E-state index in [0.29, 0.717) is 5.69 Å². The Morgan fingerprint density at radius 2 is 1.70 bits per heavy atom. The number of anilines is 4. The molecule has 8 heteroatoms. The van der Waals surface area contributed by atoms with Crippen molar-refractivity contribution in [1.82, 2.24) is 10.2 Å². The molecule has 0 radical (unpaired) electrons. The lowest BCUT2D eigenvalue weighted by Crippen LogP contribution is -2.15. The number of benzene rings is 2. The van der Waals surface area contributed by atoms with Crippen LogP contribution in [0.5, 0.6) is 0 Å². The summed E-state index contributed by atoms with van der Waals surface area (Å²) in [6.07, 6.45) is 0. The van der Waals surface area contributed by atoms with E-state index in [1.165, 1.54) is 18.2 Å². The van der Waals surface area contributed by atoms with Gasteiger partial charge in [0.1, 0.15) is 11.6 Å². The van der Waals surface area contributed by atoms with Gasteiger partial charge in [0.25, 0.3) is 5.91 Å². The topological polar surface area (TPSA) is 70.2 Å². The normalized spacial score (nSPS) is 10.4. The first kappa shape index (κ1) is 18.2. The van der Waals surface area contributed by atoms with Gasteiger partial charge in [0.2, 0.25) is 0 Å². The Morgan fingerprint density at radius 3 is 2.30 bits per heavy atom. The molecule has 2 aromatic carbocycles. The van der Waals surface area contributed by atoms with E-state index < -0.39 is 17.5 Å². The van der Waals surface area contributed by atoms with Crippen molar-refractivity contribution < 1.29 is 13.6 Å². The van der Waals surface area contributed by atoms with E-state index in [1.54, 1.807) is 12.1 Å². The zero-order valence-electron chi connectivity index (χ0n) is 14.7. The SMILES string of the molecule is CN(C)c1ccc(NC(=O)c2ccc(Nc3ccc(F)cc3F)nn2)cc1. The van der Waals surface area contributed by atoms with Crippen molar-refractivity contribution in [1.29, 1.82) is 0 Å². The van der Waals surface area contributed by atoms with Gasteiger partial charge in [0.05, 0.1) is 5.69 Å². The summed E-state index contributed by atoms with van der Waals surface area (Å²) in [6.45, 7) is 0. The highest BCUT2D eigenvalue weighted by Crippen LogP contribution is 2.19. The maximum absolute atomic E-state index is 13.6. The van der Waals surface area contributed by atoms with Crippen molar-refractivity contribution in [2.45, 2.75) is 0 Å². The summed E-state index contributed by atoms with van der Waals surface area (Å²) in [4.78, 5) is 14.2. The summed E-state index contributed by atoms with van der Waals surface area (Å²) in [7, 11) is 3.85. The van der Waals surface area contributed by atoms with Gasteiger partial charge in [-0.1, -0.05) is 0 Å². The number of carbonyl (C=O) groups is 1. The zero-order valence-corrected chi connectivity index (χ0v) is 14.7. The Kier molecular flexibility index (Phi) is 5.25. The lowest BCUT2D eigenvalue weighted by Gasteiger charge is -2.13. The molecule has 0 fully saturated rings. The fraction of sp³-hybridized carbons (Fsp3) is 0.105. The molecule has 0 bridgehead atoms. The fourth-order valence-electron chi connectivity index (χ4n) is 2.29. The van der Waals surface area contributed by atoms with Gasteiger partial charge in [-0.2, -0.15) is 0 Å². The lowest BCUT2D eigenvalue weighted by atomic mass is 10.2. The average molecular weight is 369 g/mol. The Morgan fingerprint density at radius 1 is 0.963 bits per heavy atom. The minimum atomic E-state index is -0.750. The van der Waals surface area contributed by atoms with Crippen LogP contribution in [0, 0.1) is 11.6 Å². The van der Waals surface area contributed by atoms with Gasteiger partial charge in [-0.25, -0.2) is 8.78 Å². The molecule has 3 rings (SSSR count). The van der Waals surface area contributed by atoms with Gasteiger partial charge in [-0.15, -0.1) is 10.2 Å². The van der Waals surface area contributed by atoms with Crippen LogP contribution in [-0.4, -0.2) is 30.2 Å². The Bertz CT molecular complexity index is 943. The van der Waals surface area contributed by atoms with E-state index >= 15 is 0 Å². The van der Waals surface area contributed by atoms with E-state index in [0.717, 1.165) is 17.8 Å². The smallest absolute Gasteiger partial charge is 0.276 e. The molecule has 0 atom stereocenters. The van der Waals surface area contributed by atoms with Crippen molar-refractivity contribution in [3.8, 4) is 0 Å². The molecule has 138 valence electrons. The number of carbonyl (C=O) groups excluding carboxylic acids is 1. The lowest BCUT2D eigenvalue weighted by molar-refractivity contribution is 0.102. The van der Waals surface area contributed by atoms with Crippen molar-refractivity contribution in [2.24, 2.45) is 0 Å². The average Bonchev–Trinajstić information content (AvgIpc) is 2.65. The number of hydrogen-bond donors (Lipinski definition) is 2. The molecule has 1 heterocycles. The number of rotatable bonds is 5. The molecular formula is C19H17F2N5O. The highest BCUT2D eigenvalue weighted by Gasteiger charge is 2.10. The van der Waals surface area contributed by atoms with Crippen molar-refractivity contribution >= 4 is 28.8 Å². The number of aromatic nitrogens is 2. The van der Waals surface area contributed by atoms with Crippen LogP contribution in [-0.2, 0) is 0 Å². The maximum atomic E-state index is 13.6. The highest BCUT2D eigenvalue weighted by atomic mass is 19.1. The van der Waals surface area contributed by atoms with Crippen LogP contribution in [0.25, 0.3) is 0 Å². The molecule has 1 aromatic heterocycles. The third-order valence-corrected chi connectivity index (χ3v) is 3.73. The van der Waals surface area contributed by atoms with Crippen LogP contribution in [0.2, 0.25) is 0 Å².